The topological polar surface area (TPSA) is 131 Å². The van der Waals surface area contributed by atoms with Crippen molar-refractivity contribution in [3.8, 4) is 125 Å². The van der Waals surface area contributed by atoms with Crippen LogP contribution in [0.3, 0.4) is 0 Å². The third kappa shape index (κ3) is 9.34. The summed E-state index contributed by atoms with van der Waals surface area (Å²) in [6, 6.07) is 118. The van der Waals surface area contributed by atoms with Crippen LogP contribution in [0, 0.1) is 45.3 Å². The molecule has 4 aromatic heterocycles. The smallest absolute Gasteiger partial charge is 0.0991 e. The molecule has 0 fully saturated rings. The summed E-state index contributed by atoms with van der Waals surface area (Å²) >= 11 is 0. The zero-order valence-corrected chi connectivity index (χ0v) is 54.8. The van der Waals surface area contributed by atoms with Crippen LogP contribution in [0.15, 0.2) is 316 Å². The molecule has 0 aliphatic heterocycles. The number of fused-ring (bicyclic) bond motifs is 12. The molecule has 13 aromatic carbocycles. The molecule has 2 aliphatic rings. The third-order valence-electron chi connectivity index (χ3n) is 20.9. The summed E-state index contributed by atoms with van der Waals surface area (Å²) in [5.74, 6) is -0.584. The Morgan fingerprint density at radius 3 is 1.41 bits per heavy atom. The van der Waals surface area contributed by atoms with Gasteiger partial charge in [-0.25, -0.2) is 4.98 Å². The molecule has 19 rings (SSSR count). The van der Waals surface area contributed by atoms with Gasteiger partial charge in [-0.2, -0.15) is 21.0 Å². The second-order valence-corrected chi connectivity index (χ2v) is 26.3. The lowest BCUT2D eigenvalue weighted by molar-refractivity contribution is 0.923. The van der Waals surface area contributed by atoms with Crippen molar-refractivity contribution in [1.82, 2.24) is 19.1 Å². The first-order valence-corrected chi connectivity index (χ1v) is 34.1. The van der Waals surface area contributed by atoms with Crippen molar-refractivity contribution in [2.45, 2.75) is 11.8 Å². The lowest BCUT2D eigenvalue weighted by Gasteiger charge is -2.28. The van der Waals surface area contributed by atoms with Crippen LogP contribution < -0.4 is 0 Å². The minimum absolute atomic E-state index is 0.188. The molecule has 4 heterocycles. The van der Waals surface area contributed by atoms with E-state index in [4.69, 9.17) is 9.97 Å². The van der Waals surface area contributed by atoms with E-state index in [1.54, 1.807) is 0 Å². The van der Waals surface area contributed by atoms with Gasteiger partial charge in [-0.15, -0.1) is 0 Å². The van der Waals surface area contributed by atoms with E-state index in [0.717, 1.165) is 178 Å². The Labute approximate surface area is 588 Å². The zero-order chi connectivity index (χ0) is 68.1. The molecule has 0 saturated heterocycles. The molecule has 8 nitrogen and oxygen atoms in total. The normalized spacial score (nSPS) is 12.7. The van der Waals surface area contributed by atoms with E-state index >= 15 is 0 Å². The molecule has 0 bridgehead atoms. The summed E-state index contributed by atoms with van der Waals surface area (Å²) in [7, 11) is 0. The van der Waals surface area contributed by atoms with E-state index in [1.165, 1.54) is 0 Å². The molecular formula is C94H54N8. The van der Waals surface area contributed by atoms with Gasteiger partial charge in [-0.3, -0.25) is 4.98 Å². The average Bonchev–Trinajstić information content (AvgIpc) is 1.73. The zero-order valence-electron chi connectivity index (χ0n) is 54.8. The van der Waals surface area contributed by atoms with Gasteiger partial charge in [-0.1, -0.05) is 200 Å². The SMILES string of the molecule is N#Cc1ccc2c(c1)-c1cc(C#N)ccc1C2c1ccc(-c2nc(C3c4ccccc4-c4cc(-c5ccccc5)ccc43)c(-n3c4ccccc4c4cc(-c5ccccc5)ccc43)c(-c3ccccc3-c3ccccn3)c2-c2ccc(-n3c4ccc(C#N)cc4c4cc(C#N)ccc43)cc2)cc1. The first-order chi connectivity index (χ1) is 50.4. The number of hydrogen-bond acceptors (Lipinski definition) is 6. The van der Waals surface area contributed by atoms with Gasteiger partial charge >= 0.3 is 0 Å². The second kappa shape index (κ2) is 23.8. The summed E-state index contributed by atoms with van der Waals surface area (Å²) in [5, 5.41) is 44.8. The summed E-state index contributed by atoms with van der Waals surface area (Å²) in [6.45, 7) is 0. The van der Waals surface area contributed by atoms with Crippen LogP contribution in [0.2, 0.25) is 0 Å². The highest BCUT2D eigenvalue weighted by atomic mass is 15.0. The lowest BCUT2D eigenvalue weighted by atomic mass is 9.82. The average molecular weight is 1300 g/mol. The molecule has 0 spiro atoms. The summed E-state index contributed by atoms with van der Waals surface area (Å²) in [5.41, 5.74) is 30.1. The fourth-order valence-corrected chi connectivity index (χ4v) is 16.4. The molecular weight excluding hydrogens is 1240 g/mol. The maximum Gasteiger partial charge on any atom is 0.0991 e. The van der Waals surface area contributed by atoms with Crippen molar-refractivity contribution in [3.05, 3.63) is 371 Å². The Bertz CT molecular complexity index is 6400. The molecule has 0 N–H and O–H groups in total. The molecule has 2 aliphatic carbocycles. The van der Waals surface area contributed by atoms with Crippen molar-refractivity contribution < 1.29 is 0 Å². The highest BCUT2D eigenvalue weighted by Crippen LogP contribution is 2.57. The maximum absolute atomic E-state index is 10.2. The van der Waals surface area contributed by atoms with Crippen molar-refractivity contribution in [3.63, 3.8) is 0 Å². The van der Waals surface area contributed by atoms with Crippen molar-refractivity contribution >= 4 is 43.6 Å². The van der Waals surface area contributed by atoms with Gasteiger partial charge < -0.3 is 9.13 Å². The number of nitriles is 4. The van der Waals surface area contributed by atoms with Crippen molar-refractivity contribution in [2.24, 2.45) is 0 Å². The number of benzene rings is 13. The fraction of sp³-hybridized carbons (Fsp3) is 0.0213. The number of para-hydroxylation sites is 1. The van der Waals surface area contributed by atoms with E-state index in [-0.39, 0.29) is 5.92 Å². The Hall–Kier alpha value is -14.3. The van der Waals surface area contributed by atoms with E-state index in [2.05, 4.69) is 276 Å². The Morgan fingerprint density at radius 2 is 0.765 bits per heavy atom. The Kier molecular flexibility index (Phi) is 13.8. The van der Waals surface area contributed by atoms with Gasteiger partial charge in [0.05, 0.1) is 97.3 Å². The largest absolute Gasteiger partial charge is 0.309 e. The Balaban J connectivity index is 0.954. The van der Waals surface area contributed by atoms with Crippen LogP contribution >= 0.6 is 0 Å². The van der Waals surface area contributed by atoms with Crippen LogP contribution in [-0.4, -0.2) is 19.1 Å². The summed E-state index contributed by atoms with van der Waals surface area (Å²) < 4.78 is 4.73. The molecule has 1 atom stereocenters. The monoisotopic (exact) mass is 1290 g/mol. The molecule has 0 saturated carbocycles. The molecule has 17 aromatic rings. The van der Waals surface area contributed by atoms with Crippen LogP contribution in [0.25, 0.3) is 144 Å². The Morgan fingerprint density at radius 1 is 0.294 bits per heavy atom. The maximum atomic E-state index is 10.2. The van der Waals surface area contributed by atoms with Crippen LogP contribution in [0.1, 0.15) is 67.6 Å². The molecule has 0 radical (unpaired) electrons. The summed E-state index contributed by atoms with van der Waals surface area (Å²) in [4.78, 5) is 11.6. The van der Waals surface area contributed by atoms with Gasteiger partial charge in [0.1, 0.15) is 0 Å². The van der Waals surface area contributed by atoms with Gasteiger partial charge in [0, 0.05) is 61.6 Å². The molecule has 470 valence electrons. The van der Waals surface area contributed by atoms with Crippen LogP contribution in [-0.2, 0) is 0 Å². The van der Waals surface area contributed by atoms with Gasteiger partial charge in [0.15, 0.2) is 0 Å². The van der Waals surface area contributed by atoms with E-state index in [0.29, 0.717) is 22.3 Å². The lowest BCUT2D eigenvalue weighted by Crippen LogP contribution is -2.13. The third-order valence-corrected chi connectivity index (χ3v) is 20.9. The van der Waals surface area contributed by atoms with Crippen LogP contribution in [0.5, 0.6) is 0 Å². The summed E-state index contributed by atoms with van der Waals surface area (Å²) in [6.07, 6.45) is 1.87. The van der Waals surface area contributed by atoms with E-state index < -0.39 is 5.92 Å². The van der Waals surface area contributed by atoms with Gasteiger partial charge in [0.25, 0.3) is 0 Å². The van der Waals surface area contributed by atoms with Crippen molar-refractivity contribution in [2.75, 3.05) is 0 Å². The molecule has 1 unspecified atom stereocenters. The molecule has 8 heteroatoms. The fourth-order valence-electron chi connectivity index (χ4n) is 16.4. The quantitative estimate of drug-likeness (QED) is 0.134. The van der Waals surface area contributed by atoms with E-state index in [9.17, 15) is 21.0 Å². The number of nitrogens with zero attached hydrogens (tertiary/aromatic N) is 8. The van der Waals surface area contributed by atoms with Gasteiger partial charge in [-0.05, 0) is 193 Å². The number of hydrogen-bond donors (Lipinski definition) is 0. The second-order valence-electron chi connectivity index (χ2n) is 26.3. The minimum Gasteiger partial charge on any atom is -0.309 e. The standard InChI is InChI=1S/C94H54N8/c95-53-57-26-40-74-77(47-57)78-48-58(54-96)27-41-75(78)88(74)63-30-32-65(33-31-63)92-89(64-34-38-68(39-35-64)101-85-43-28-59(55-97)49-80(85)81-50-60(56-98)29-44-86(81)101)91(73-23-10-8-20-70(73)83-24-13-14-46-99-83)94(102-84-25-12-11-21-71(84)82-52-67(37-45-87(82)102)62-17-5-2-6-18-62)93(100-92)90-72-22-9-7-19-69(72)79-51-66(36-42-76(79)90)61-15-3-1-4-16-61/h1-52,88,90H. The minimum atomic E-state index is -0.396. The number of rotatable bonds is 10. The van der Waals surface area contributed by atoms with Crippen LogP contribution in [0.4, 0.5) is 0 Å². The van der Waals surface area contributed by atoms with E-state index in [1.807, 2.05) is 72.9 Å². The predicted molar refractivity (Wildman–Crippen MR) is 408 cm³/mol. The van der Waals surface area contributed by atoms with Gasteiger partial charge in [0.2, 0.25) is 0 Å². The first-order valence-electron chi connectivity index (χ1n) is 34.1. The number of pyridine rings is 2. The predicted octanol–water partition coefficient (Wildman–Crippen LogP) is 22.5. The molecule has 102 heavy (non-hydrogen) atoms. The first kappa shape index (κ1) is 59.0. The number of aromatic nitrogens is 4. The highest BCUT2D eigenvalue weighted by molar-refractivity contribution is 6.14. The molecule has 0 amide bonds. The highest BCUT2D eigenvalue weighted by Gasteiger charge is 2.38. The van der Waals surface area contributed by atoms with Crippen molar-refractivity contribution in [1.29, 1.82) is 21.0 Å².